The van der Waals surface area contributed by atoms with Crippen LogP contribution in [0.2, 0.25) is 0 Å². The summed E-state index contributed by atoms with van der Waals surface area (Å²) in [6.45, 7) is 11.1. The molecule has 2 aromatic rings. The number of fused-ring (bicyclic) bond motifs is 4. The molecule has 1 spiro atoms. The predicted molar refractivity (Wildman–Crippen MR) is 333 cm³/mol. The zero-order chi connectivity index (χ0) is 66.9. The molecular weight excluding hydrogens is 1250 g/mol. The molecule has 95 heavy (non-hydrogen) atoms. The standard InChI is InChI=1S/C68H91F2N3O22/c1-65-46-59-67(70)54(44-56(69)55-43-52(75)11-14-66(55,67)94-59)53(65)45-58-68(65,57(76)47-74)95-64(93-58)50-7-5-48(6-8-50)41-49-3-2-4-51(42-49)72-61(78)13-17-81-19-21-83-23-25-85-27-29-87-31-33-89-35-37-91-39-40-92-38-36-90-34-32-88-30-28-86-26-24-84-22-20-82-18-15-71-60(77)12-16-73-62(79)9-10-63(73)80/h2-11,14,42-43,53-54,56,58-59,64,74H,12-13,15-41,44-47H2,1H3,(H,71,77)(H,72,78)/t53?,54-,56-,58+,59-,64+,65-,66+,67-,68+/m0/s1. The molecule has 3 heterocycles. The van der Waals surface area contributed by atoms with E-state index in [2.05, 4.69) is 10.6 Å². The fourth-order valence-electron chi connectivity index (χ4n) is 13.7. The van der Waals surface area contributed by atoms with Crippen molar-refractivity contribution in [1.82, 2.24) is 10.2 Å². The number of nitrogens with one attached hydrogen (secondary N) is 2. The highest BCUT2D eigenvalue weighted by molar-refractivity contribution is 6.13. The molecule has 0 radical (unpaired) electrons. The second-order valence-electron chi connectivity index (χ2n) is 24.1. The number of allylic oxidation sites excluding steroid dienone is 2. The first kappa shape index (κ1) is 73.5. The maximum absolute atomic E-state index is 17.6. The van der Waals surface area contributed by atoms with Gasteiger partial charge in [-0.05, 0) is 73.1 Å². The van der Waals surface area contributed by atoms with Crippen LogP contribution in [0.5, 0.6) is 0 Å². The van der Waals surface area contributed by atoms with E-state index in [4.69, 9.17) is 71.1 Å². The summed E-state index contributed by atoms with van der Waals surface area (Å²) in [5.74, 6) is -3.62. The van der Waals surface area contributed by atoms with Crippen molar-refractivity contribution < 1.29 is 114 Å². The Bertz CT molecular complexity index is 2920. The van der Waals surface area contributed by atoms with Crippen molar-refractivity contribution in [2.75, 3.05) is 184 Å². The van der Waals surface area contributed by atoms with Crippen molar-refractivity contribution in [2.24, 2.45) is 17.3 Å². The first-order valence-electron chi connectivity index (χ1n) is 32.9. The molecule has 9 rings (SSSR count). The smallest absolute Gasteiger partial charge is 0.253 e. The van der Waals surface area contributed by atoms with Gasteiger partial charge in [0.05, 0.1) is 177 Å². The average Bonchev–Trinajstić information content (AvgIpc) is 1.63. The number of rotatable bonds is 48. The van der Waals surface area contributed by atoms with Gasteiger partial charge in [-0.15, -0.1) is 0 Å². The zero-order valence-electron chi connectivity index (χ0n) is 54.0. The van der Waals surface area contributed by atoms with Crippen molar-refractivity contribution in [3.8, 4) is 0 Å². The Hall–Kier alpha value is -5.70. The van der Waals surface area contributed by atoms with E-state index in [1.54, 1.807) is 0 Å². The van der Waals surface area contributed by atoms with Crippen LogP contribution in [0.3, 0.4) is 0 Å². The summed E-state index contributed by atoms with van der Waals surface area (Å²) in [5, 5.41) is 16.0. The summed E-state index contributed by atoms with van der Waals surface area (Å²) in [6, 6.07) is 15.2. The summed E-state index contributed by atoms with van der Waals surface area (Å²) >= 11 is 0. The monoisotopic (exact) mass is 1340 g/mol. The van der Waals surface area contributed by atoms with Gasteiger partial charge < -0.3 is 86.8 Å². The number of carbonyl (C=O) groups is 6. The van der Waals surface area contributed by atoms with E-state index in [-0.39, 0.29) is 62.6 Å². The van der Waals surface area contributed by atoms with E-state index in [9.17, 15) is 33.9 Å². The van der Waals surface area contributed by atoms with Crippen LogP contribution in [0, 0.1) is 17.3 Å². The van der Waals surface area contributed by atoms with E-state index < -0.39 is 88.8 Å². The number of nitrogens with zero attached hydrogens (tertiary/aromatic N) is 1. The summed E-state index contributed by atoms with van der Waals surface area (Å²) in [6.07, 6.45) is 2.67. The third kappa shape index (κ3) is 18.7. The van der Waals surface area contributed by atoms with Crippen molar-refractivity contribution in [1.29, 1.82) is 0 Å². The van der Waals surface area contributed by atoms with Gasteiger partial charge in [-0.2, -0.15) is 0 Å². The van der Waals surface area contributed by atoms with Crippen LogP contribution in [0.25, 0.3) is 0 Å². The fourth-order valence-corrected chi connectivity index (χ4v) is 13.7. The van der Waals surface area contributed by atoms with E-state index in [0.717, 1.165) is 22.1 Å². The van der Waals surface area contributed by atoms with Crippen LogP contribution >= 0.6 is 0 Å². The number of hydrogen-bond acceptors (Lipinski definition) is 22. The third-order valence-corrected chi connectivity index (χ3v) is 18.2. The van der Waals surface area contributed by atoms with E-state index in [1.165, 1.54) is 24.3 Å². The maximum Gasteiger partial charge on any atom is 0.253 e. The number of ether oxygens (including phenoxy) is 15. The molecule has 0 bridgehead atoms. The van der Waals surface area contributed by atoms with Gasteiger partial charge in [-0.3, -0.25) is 33.7 Å². The Kier molecular flexibility index (Phi) is 28.5. The van der Waals surface area contributed by atoms with Gasteiger partial charge >= 0.3 is 0 Å². The molecule has 3 saturated carbocycles. The number of aliphatic hydroxyl groups excluding tert-OH is 1. The minimum Gasteiger partial charge on any atom is -0.388 e. The number of imide groups is 1. The molecular formula is C68H91F2N3O22. The molecule has 2 saturated heterocycles. The third-order valence-electron chi connectivity index (χ3n) is 18.2. The SMILES string of the molecule is C[C@]12C[C@@H]3O[C@]45C=CC(=O)C=C4[C@@H](F)C[C@@H](C1C[C@H]1O[C@@H](c4ccc(Cc6cccc(NC(=O)CCOCCOCCOCCOCCOCCOCCOCCOCCOCCOCCOCCOCCNC(=O)CCN7C(=O)C=CC7=O)c6)cc4)O[C@]12C(=O)CO)[C@]35F. The van der Waals surface area contributed by atoms with Crippen molar-refractivity contribution in [2.45, 2.75) is 87.0 Å². The topological polar surface area (TPSA) is 288 Å². The Balaban J connectivity index is 0.500. The molecule has 25 nitrogen and oxygen atoms in total. The van der Waals surface area contributed by atoms with Crippen LogP contribution in [0.4, 0.5) is 14.5 Å². The second-order valence-corrected chi connectivity index (χ2v) is 24.1. The molecule has 4 aliphatic carbocycles. The Morgan fingerprint density at radius 3 is 1.64 bits per heavy atom. The number of hydrogen-bond donors (Lipinski definition) is 3. The number of carbonyl (C=O) groups excluding carboxylic acids is 6. The van der Waals surface area contributed by atoms with Gasteiger partial charge in [-0.1, -0.05) is 43.3 Å². The molecule has 2 aromatic carbocycles. The molecule has 7 aliphatic rings. The molecule has 1 unspecified atom stereocenters. The molecule has 27 heteroatoms. The Morgan fingerprint density at radius 1 is 0.600 bits per heavy atom. The van der Waals surface area contributed by atoms with Crippen LogP contribution < -0.4 is 10.6 Å². The van der Waals surface area contributed by atoms with Gasteiger partial charge in [0, 0.05) is 59.8 Å². The number of aliphatic hydroxyl groups is 1. The predicted octanol–water partition coefficient (Wildman–Crippen LogP) is 3.65. The molecule has 0 aromatic heterocycles. The quantitative estimate of drug-likeness (QED) is 0.0629. The number of ketones is 2. The lowest BCUT2D eigenvalue weighted by Crippen LogP contribution is -2.82. The highest BCUT2D eigenvalue weighted by atomic mass is 19.1. The minimum atomic E-state index is -1.98. The lowest BCUT2D eigenvalue weighted by Gasteiger charge is -2.71. The van der Waals surface area contributed by atoms with Crippen LogP contribution in [-0.4, -0.2) is 259 Å². The normalized spacial score (nSPS) is 26.9. The number of halogens is 2. The second kappa shape index (κ2) is 36.8. The maximum atomic E-state index is 17.6. The average molecular weight is 1340 g/mol. The van der Waals surface area contributed by atoms with Gasteiger partial charge in [0.2, 0.25) is 11.8 Å². The fraction of sp³-hybridized carbons (Fsp3) is 0.647. The largest absolute Gasteiger partial charge is 0.388 e. The lowest BCUT2D eigenvalue weighted by atomic mass is 9.44. The summed E-state index contributed by atoms with van der Waals surface area (Å²) in [7, 11) is 0. The summed E-state index contributed by atoms with van der Waals surface area (Å²) in [4.78, 5) is 74.9. The van der Waals surface area contributed by atoms with Gasteiger partial charge in [0.1, 0.15) is 18.4 Å². The van der Waals surface area contributed by atoms with Crippen LogP contribution in [-0.2, 0) is 106 Å². The summed E-state index contributed by atoms with van der Waals surface area (Å²) < 4.78 is 119. The molecule has 524 valence electrons. The van der Waals surface area contributed by atoms with Gasteiger partial charge in [0.25, 0.3) is 11.8 Å². The highest BCUT2D eigenvalue weighted by Crippen LogP contribution is 2.75. The van der Waals surface area contributed by atoms with E-state index in [1.807, 2.05) is 55.5 Å². The van der Waals surface area contributed by atoms with Gasteiger partial charge in [0.15, 0.2) is 29.1 Å². The number of amides is 4. The molecule has 3 N–H and O–H groups in total. The van der Waals surface area contributed by atoms with E-state index >= 15 is 8.78 Å². The molecule has 10 atom stereocenters. The Morgan fingerprint density at radius 2 is 1.12 bits per heavy atom. The van der Waals surface area contributed by atoms with E-state index in [0.29, 0.717) is 176 Å². The van der Waals surface area contributed by atoms with Crippen molar-refractivity contribution in [3.63, 3.8) is 0 Å². The van der Waals surface area contributed by atoms with Crippen LogP contribution in [0.1, 0.15) is 62.0 Å². The van der Waals surface area contributed by atoms with Crippen molar-refractivity contribution in [3.05, 3.63) is 101 Å². The van der Waals surface area contributed by atoms with Crippen LogP contribution in [0.15, 0.2) is 84.5 Å². The van der Waals surface area contributed by atoms with Gasteiger partial charge in [-0.25, -0.2) is 8.78 Å². The number of benzene rings is 2. The zero-order valence-corrected chi connectivity index (χ0v) is 54.0. The molecule has 5 fully saturated rings. The lowest BCUT2D eigenvalue weighted by molar-refractivity contribution is -0.360. The minimum absolute atomic E-state index is 0.0178. The molecule has 3 aliphatic heterocycles. The summed E-state index contributed by atoms with van der Waals surface area (Å²) in [5.41, 5.74) is -3.06. The number of anilines is 1. The first-order chi connectivity index (χ1) is 46.2. The molecule has 4 amide bonds. The Labute approximate surface area is 551 Å². The first-order valence-corrected chi connectivity index (χ1v) is 32.9. The number of Topliss-reactive ketones (excluding diaryl/α,β-unsaturated/α-hetero) is 1. The highest BCUT2D eigenvalue weighted by Gasteiger charge is 2.85. The van der Waals surface area contributed by atoms with Crippen molar-refractivity contribution >= 4 is 40.9 Å². The number of alkyl halides is 2.